The summed E-state index contributed by atoms with van der Waals surface area (Å²) in [5.74, 6) is -0.301. The molecular formula is C24H24N6O5. The van der Waals surface area contributed by atoms with E-state index in [-0.39, 0.29) is 36.8 Å². The molecule has 1 aromatic carbocycles. The number of hydrogen-bond acceptors (Lipinski definition) is 8. The van der Waals surface area contributed by atoms with Crippen LogP contribution >= 0.6 is 0 Å². The van der Waals surface area contributed by atoms with Crippen LogP contribution in [0.25, 0.3) is 28.5 Å². The Morgan fingerprint density at radius 2 is 2.00 bits per heavy atom. The molecule has 11 heteroatoms. The van der Waals surface area contributed by atoms with Crippen molar-refractivity contribution in [3.63, 3.8) is 0 Å². The van der Waals surface area contributed by atoms with Crippen LogP contribution in [0.1, 0.15) is 19.8 Å². The minimum atomic E-state index is -0.461. The van der Waals surface area contributed by atoms with E-state index < -0.39 is 5.69 Å². The van der Waals surface area contributed by atoms with Crippen LogP contribution in [0.2, 0.25) is 0 Å². The van der Waals surface area contributed by atoms with Crippen molar-refractivity contribution in [2.24, 2.45) is 5.92 Å². The molecule has 0 aliphatic carbocycles. The molecule has 35 heavy (non-hydrogen) atoms. The molecule has 0 unspecified atom stereocenters. The summed E-state index contributed by atoms with van der Waals surface area (Å²) in [5.41, 5.74) is 1.12. The standard InChI is InChI=1S/C24H24N6O5/c1-2-34-23(32)17-10-6-12-28(14-17)19(31)15-30-24(33)29-13-7-11-18(21(29)26-30)22-25-20(27-35-22)16-8-4-3-5-9-16/h3-5,7-9,11,13,17H,2,6,10,12,14-15H2,1H3/t17-/m1/s1. The lowest BCUT2D eigenvalue weighted by molar-refractivity contribution is -0.151. The van der Waals surface area contributed by atoms with Crippen LogP contribution < -0.4 is 5.69 Å². The number of rotatable bonds is 6. The molecule has 4 heterocycles. The van der Waals surface area contributed by atoms with Gasteiger partial charge in [-0.15, -0.1) is 5.10 Å². The van der Waals surface area contributed by atoms with Crippen LogP contribution in [-0.4, -0.2) is 60.8 Å². The summed E-state index contributed by atoms with van der Waals surface area (Å²) in [7, 11) is 0. The van der Waals surface area contributed by atoms with Gasteiger partial charge in [-0.3, -0.25) is 9.59 Å². The number of likely N-dealkylation sites (tertiary alicyclic amines) is 1. The van der Waals surface area contributed by atoms with E-state index in [2.05, 4.69) is 15.2 Å². The maximum Gasteiger partial charge on any atom is 0.350 e. The predicted molar refractivity (Wildman–Crippen MR) is 124 cm³/mol. The maximum atomic E-state index is 13.0. The fourth-order valence-corrected chi connectivity index (χ4v) is 4.23. The third-order valence-electron chi connectivity index (χ3n) is 5.98. The highest BCUT2D eigenvalue weighted by Gasteiger charge is 2.30. The van der Waals surface area contributed by atoms with Gasteiger partial charge in [0.15, 0.2) is 5.65 Å². The lowest BCUT2D eigenvalue weighted by Gasteiger charge is -2.31. The number of fused-ring (bicyclic) bond motifs is 1. The maximum absolute atomic E-state index is 13.0. The second kappa shape index (κ2) is 9.53. The smallest absolute Gasteiger partial charge is 0.350 e. The van der Waals surface area contributed by atoms with Gasteiger partial charge in [0.2, 0.25) is 11.7 Å². The van der Waals surface area contributed by atoms with E-state index in [1.165, 1.54) is 4.40 Å². The van der Waals surface area contributed by atoms with Gasteiger partial charge >= 0.3 is 11.7 Å². The number of pyridine rings is 1. The van der Waals surface area contributed by atoms with E-state index in [1.807, 2.05) is 30.3 Å². The van der Waals surface area contributed by atoms with Crippen molar-refractivity contribution in [1.82, 2.24) is 29.2 Å². The molecule has 1 fully saturated rings. The van der Waals surface area contributed by atoms with Crippen LogP contribution in [-0.2, 0) is 20.9 Å². The van der Waals surface area contributed by atoms with Crippen LogP contribution in [0, 0.1) is 5.92 Å². The summed E-state index contributed by atoms with van der Waals surface area (Å²) in [6.45, 7) is 2.61. The molecule has 180 valence electrons. The first-order chi connectivity index (χ1) is 17.0. The molecule has 0 saturated carbocycles. The number of amides is 1. The van der Waals surface area contributed by atoms with Crippen LogP contribution in [0.5, 0.6) is 0 Å². The van der Waals surface area contributed by atoms with Gasteiger partial charge in [0, 0.05) is 24.8 Å². The molecular weight excluding hydrogens is 452 g/mol. The van der Waals surface area contributed by atoms with E-state index in [0.29, 0.717) is 43.0 Å². The molecule has 1 aliphatic heterocycles. The number of benzene rings is 1. The van der Waals surface area contributed by atoms with E-state index in [4.69, 9.17) is 9.26 Å². The van der Waals surface area contributed by atoms with Crippen LogP contribution in [0.4, 0.5) is 0 Å². The fourth-order valence-electron chi connectivity index (χ4n) is 4.23. The van der Waals surface area contributed by atoms with Gasteiger partial charge in [0.05, 0.1) is 18.1 Å². The number of nitrogens with zero attached hydrogens (tertiary/aromatic N) is 6. The Morgan fingerprint density at radius 1 is 1.17 bits per heavy atom. The summed E-state index contributed by atoms with van der Waals surface area (Å²) in [4.78, 5) is 44.1. The topological polar surface area (TPSA) is 125 Å². The van der Waals surface area contributed by atoms with Crippen molar-refractivity contribution >= 4 is 17.5 Å². The second-order valence-corrected chi connectivity index (χ2v) is 8.28. The molecule has 3 aromatic heterocycles. The van der Waals surface area contributed by atoms with Gasteiger partial charge in [-0.2, -0.15) is 4.98 Å². The first-order valence-electron chi connectivity index (χ1n) is 11.5. The average Bonchev–Trinajstić information content (AvgIpc) is 3.50. The number of piperidine rings is 1. The Hall–Kier alpha value is -4.28. The Labute approximate surface area is 199 Å². The van der Waals surface area contributed by atoms with Gasteiger partial charge in [-0.25, -0.2) is 13.9 Å². The molecule has 4 aromatic rings. The Bertz CT molecular complexity index is 1420. The minimum absolute atomic E-state index is 0.214. The molecule has 1 aliphatic rings. The van der Waals surface area contributed by atoms with Gasteiger partial charge in [-0.05, 0) is 31.9 Å². The van der Waals surface area contributed by atoms with Gasteiger partial charge in [-0.1, -0.05) is 35.5 Å². The van der Waals surface area contributed by atoms with Crippen LogP contribution in [0.15, 0.2) is 58.0 Å². The van der Waals surface area contributed by atoms with Gasteiger partial charge < -0.3 is 14.2 Å². The number of ether oxygens (including phenoxy) is 1. The van der Waals surface area contributed by atoms with Crippen molar-refractivity contribution in [1.29, 1.82) is 0 Å². The lowest BCUT2D eigenvalue weighted by Crippen LogP contribution is -2.45. The summed E-state index contributed by atoms with van der Waals surface area (Å²) in [6, 6.07) is 12.8. The van der Waals surface area contributed by atoms with Crippen molar-refractivity contribution in [3.05, 3.63) is 59.1 Å². The molecule has 1 saturated heterocycles. The molecule has 11 nitrogen and oxygen atoms in total. The molecule has 1 atom stereocenters. The van der Waals surface area contributed by atoms with Crippen molar-refractivity contribution < 1.29 is 18.8 Å². The van der Waals surface area contributed by atoms with Crippen molar-refractivity contribution in [2.75, 3.05) is 19.7 Å². The first kappa shape index (κ1) is 22.5. The summed E-state index contributed by atoms with van der Waals surface area (Å²) >= 11 is 0. The van der Waals surface area contributed by atoms with Crippen molar-refractivity contribution in [3.8, 4) is 22.8 Å². The molecule has 5 rings (SSSR count). The fraction of sp³-hybridized carbons (Fsp3) is 0.333. The van der Waals surface area contributed by atoms with Gasteiger partial charge in [0.25, 0.3) is 5.89 Å². The molecule has 1 amide bonds. The molecule has 0 spiro atoms. The number of carbonyl (C=O) groups excluding carboxylic acids is 2. The highest BCUT2D eigenvalue weighted by molar-refractivity contribution is 5.78. The van der Waals surface area contributed by atoms with E-state index in [0.717, 1.165) is 10.2 Å². The first-order valence-corrected chi connectivity index (χ1v) is 11.5. The minimum Gasteiger partial charge on any atom is -0.466 e. The summed E-state index contributed by atoms with van der Waals surface area (Å²) in [6.07, 6.45) is 2.94. The Morgan fingerprint density at radius 3 is 2.80 bits per heavy atom. The molecule has 0 bridgehead atoms. The Kier molecular flexibility index (Phi) is 6.13. The quantitative estimate of drug-likeness (QED) is 0.387. The van der Waals surface area contributed by atoms with Crippen LogP contribution in [0.3, 0.4) is 0 Å². The zero-order valence-electron chi connectivity index (χ0n) is 19.2. The summed E-state index contributed by atoms with van der Waals surface area (Å²) in [5, 5.41) is 8.43. The van der Waals surface area contributed by atoms with E-state index in [1.54, 1.807) is 30.2 Å². The monoisotopic (exact) mass is 476 g/mol. The third-order valence-corrected chi connectivity index (χ3v) is 5.98. The number of aromatic nitrogens is 5. The van der Waals surface area contributed by atoms with E-state index in [9.17, 15) is 14.4 Å². The third kappa shape index (κ3) is 4.44. The number of esters is 1. The second-order valence-electron chi connectivity index (χ2n) is 8.28. The molecule has 0 radical (unpaired) electrons. The van der Waals surface area contributed by atoms with Crippen molar-refractivity contribution in [2.45, 2.75) is 26.3 Å². The zero-order valence-corrected chi connectivity index (χ0v) is 19.2. The lowest BCUT2D eigenvalue weighted by atomic mass is 9.98. The normalized spacial score (nSPS) is 15.9. The predicted octanol–water partition coefficient (Wildman–Crippen LogP) is 2.01. The van der Waals surface area contributed by atoms with E-state index >= 15 is 0 Å². The largest absolute Gasteiger partial charge is 0.466 e. The average molecular weight is 476 g/mol. The number of carbonyl (C=O) groups is 2. The zero-order chi connectivity index (χ0) is 24.4. The summed E-state index contributed by atoms with van der Waals surface area (Å²) < 4.78 is 13.0. The highest BCUT2D eigenvalue weighted by atomic mass is 16.5. The SMILES string of the molecule is CCOC(=O)[C@@H]1CCCN(C(=O)Cn2nc3c(-c4nc(-c5ccccc5)no4)cccn3c2=O)C1. The molecule has 0 N–H and O–H groups in total. The number of hydrogen-bond donors (Lipinski definition) is 0. The van der Waals surface area contributed by atoms with Gasteiger partial charge in [0.1, 0.15) is 6.54 Å². The highest BCUT2D eigenvalue weighted by Crippen LogP contribution is 2.24. The Balaban J connectivity index is 1.39.